The number of sulfonamides is 1. The van der Waals surface area contributed by atoms with E-state index in [9.17, 15) is 17.6 Å². The van der Waals surface area contributed by atoms with Gasteiger partial charge in [-0.25, -0.2) is 12.8 Å². The van der Waals surface area contributed by atoms with Gasteiger partial charge in [0.15, 0.2) is 0 Å². The molecule has 1 aliphatic heterocycles. The first-order valence-electron chi connectivity index (χ1n) is 13.1. The zero-order valence-electron chi connectivity index (χ0n) is 21.3. The fourth-order valence-electron chi connectivity index (χ4n) is 4.78. The number of unbranched alkanes of at least 4 members (excludes halogenated alkanes) is 3. The number of nitrogens with zero attached hydrogens (tertiary/aromatic N) is 1. The molecule has 4 rings (SSSR count). The Morgan fingerprint density at radius 1 is 0.973 bits per heavy atom. The molecular formula is C30H35FN2O3S. The molecule has 5 nitrogen and oxygen atoms in total. The lowest BCUT2D eigenvalue weighted by molar-refractivity contribution is -0.119. The van der Waals surface area contributed by atoms with Gasteiger partial charge in [-0.2, -0.15) is 0 Å². The van der Waals surface area contributed by atoms with Crippen LogP contribution in [0.5, 0.6) is 0 Å². The third-order valence-corrected chi connectivity index (χ3v) is 8.80. The van der Waals surface area contributed by atoms with Crippen molar-refractivity contribution in [2.45, 2.75) is 63.2 Å². The monoisotopic (exact) mass is 522 g/mol. The van der Waals surface area contributed by atoms with Crippen molar-refractivity contribution in [3.05, 3.63) is 89.7 Å². The van der Waals surface area contributed by atoms with Gasteiger partial charge in [-0.05, 0) is 79.6 Å². The molecule has 0 aliphatic carbocycles. The molecule has 0 spiro atoms. The number of anilines is 2. The fraction of sp³-hybridized carbons (Fsp3) is 0.367. The molecule has 1 amide bonds. The van der Waals surface area contributed by atoms with E-state index in [0.717, 1.165) is 62.6 Å². The summed E-state index contributed by atoms with van der Waals surface area (Å²) in [4.78, 5) is 12.9. The van der Waals surface area contributed by atoms with E-state index in [1.54, 1.807) is 6.07 Å². The van der Waals surface area contributed by atoms with Crippen molar-refractivity contribution in [2.75, 3.05) is 16.2 Å². The summed E-state index contributed by atoms with van der Waals surface area (Å²) in [5.74, 6) is -0.679. The summed E-state index contributed by atoms with van der Waals surface area (Å²) < 4.78 is 41.3. The number of fused-ring (bicyclic) bond motifs is 1. The molecule has 1 unspecified atom stereocenters. The number of hydrogen-bond donors (Lipinski definition) is 1. The van der Waals surface area contributed by atoms with Crippen LogP contribution in [0.1, 0.15) is 56.6 Å². The Bertz CT molecular complexity index is 1290. The predicted molar refractivity (Wildman–Crippen MR) is 147 cm³/mol. The Morgan fingerprint density at radius 2 is 1.70 bits per heavy atom. The van der Waals surface area contributed by atoms with Crippen LogP contribution >= 0.6 is 0 Å². The Hall–Kier alpha value is -3.19. The highest BCUT2D eigenvalue weighted by Crippen LogP contribution is 2.34. The van der Waals surface area contributed by atoms with Crippen LogP contribution in [-0.4, -0.2) is 20.9 Å². The molecule has 37 heavy (non-hydrogen) atoms. The van der Waals surface area contributed by atoms with Gasteiger partial charge in [0.1, 0.15) is 5.82 Å². The summed E-state index contributed by atoms with van der Waals surface area (Å²) in [5, 5.41) is 2.97. The van der Waals surface area contributed by atoms with Crippen molar-refractivity contribution in [1.82, 2.24) is 0 Å². The fourth-order valence-corrected chi connectivity index (χ4v) is 6.31. The Balaban J connectivity index is 1.32. The number of nitrogens with one attached hydrogen (secondary N) is 1. The van der Waals surface area contributed by atoms with Crippen molar-refractivity contribution in [2.24, 2.45) is 5.92 Å². The number of aryl methyl sites for hydroxylation is 2. The van der Waals surface area contributed by atoms with Gasteiger partial charge in [-0.15, -0.1) is 0 Å². The zero-order valence-corrected chi connectivity index (χ0v) is 22.1. The molecule has 3 aromatic rings. The maximum absolute atomic E-state index is 13.3. The molecule has 0 saturated heterocycles. The van der Waals surface area contributed by atoms with Crippen LogP contribution in [0, 0.1) is 11.7 Å². The van der Waals surface area contributed by atoms with E-state index in [1.807, 2.05) is 25.1 Å². The molecule has 1 atom stereocenters. The highest BCUT2D eigenvalue weighted by molar-refractivity contribution is 7.92. The highest BCUT2D eigenvalue weighted by atomic mass is 32.2. The minimum atomic E-state index is -3.84. The van der Waals surface area contributed by atoms with Crippen LogP contribution in [-0.2, 0) is 27.7 Å². The lowest BCUT2D eigenvalue weighted by Gasteiger charge is -2.31. The van der Waals surface area contributed by atoms with Gasteiger partial charge in [-0.1, -0.05) is 62.6 Å². The second kappa shape index (κ2) is 12.4. The van der Waals surface area contributed by atoms with Crippen LogP contribution in [0.25, 0.3) is 0 Å². The minimum absolute atomic E-state index is 0.0496. The van der Waals surface area contributed by atoms with Crippen molar-refractivity contribution in [1.29, 1.82) is 0 Å². The molecule has 0 aromatic heterocycles. The third kappa shape index (κ3) is 6.98. The second-order valence-electron chi connectivity index (χ2n) is 9.81. The van der Waals surface area contributed by atoms with E-state index in [-0.39, 0.29) is 16.7 Å². The first kappa shape index (κ1) is 26.9. The lowest BCUT2D eigenvalue weighted by atomic mass is 10.00. The SMILES string of the molecule is CC(CCCCCCc1ccccc1)C(=O)Nc1ccc2c(c1)N(S(=O)(=O)c1ccc(F)cc1)CCC2. The van der Waals surface area contributed by atoms with Gasteiger partial charge in [0.05, 0.1) is 10.6 Å². The molecular weight excluding hydrogens is 487 g/mol. The maximum atomic E-state index is 13.3. The number of carbonyl (C=O) groups is 1. The van der Waals surface area contributed by atoms with E-state index in [1.165, 1.54) is 22.0 Å². The summed E-state index contributed by atoms with van der Waals surface area (Å²) in [6, 6.07) is 20.8. The number of amides is 1. The Morgan fingerprint density at radius 3 is 2.46 bits per heavy atom. The summed E-state index contributed by atoms with van der Waals surface area (Å²) in [6.45, 7) is 2.27. The predicted octanol–water partition coefficient (Wildman–Crippen LogP) is 6.74. The first-order valence-corrected chi connectivity index (χ1v) is 14.5. The molecule has 196 valence electrons. The van der Waals surface area contributed by atoms with Crippen molar-refractivity contribution >= 4 is 27.3 Å². The summed E-state index contributed by atoms with van der Waals surface area (Å²) in [5.41, 5.74) is 3.43. The second-order valence-corrected chi connectivity index (χ2v) is 11.7. The molecule has 0 bridgehead atoms. The quantitative estimate of drug-likeness (QED) is 0.284. The minimum Gasteiger partial charge on any atom is -0.326 e. The standard InChI is InChI=1S/C30H35FN2O3S/c1-23(10-5-2-3-6-11-24-12-7-4-8-13-24)30(34)32-27-18-15-25-14-9-21-33(29(25)22-27)37(35,36)28-19-16-26(31)17-20-28/h4,7-8,12-13,15-20,22-23H,2-3,5-6,9-11,14,21H2,1H3,(H,32,34). The van der Waals surface area contributed by atoms with Gasteiger partial charge < -0.3 is 5.32 Å². The maximum Gasteiger partial charge on any atom is 0.264 e. The number of halogens is 1. The molecule has 3 aromatic carbocycles. The number of rotatable bonds is 11. The average molecular weight is 523 g/mol. The van der Waals surface area contributed by atoms with Gasteiger partial charge in [0.25, 0.3) is 10.0 Å². The molecule has 7 heteroatoms. The van der Waals surface area contributed by atoms with Crippen molar-refractivity contribution in [3.63, 3.8) is 0 Å². The van der Waals surface area contributed by atoms with E-state index in [0.29, 0.717) is 24.3 Å². The van der Waals surface area contributed by atoms with Crippen molar-refractivity contribution < 1.29 is 17.6 Å². The average Bonchev–Trinajstić information content (AvgIpc) is 2.91. The topological polar surface area (TPSA) is 66.5 Å². The van der Waals surface area contributed by atoms with E-state index in [4.69, 9.17) is 0 Å². The third-order valence-electron chi connectivity index (χ3n) is 6.97. The van der Waals surface area contributed by atoms with Crippen LogP contribution in [0.15, 0.2) is 77.7 Å². The van der Waals surface area contributed by atoms with Crippen LogP contribution < -0.4 is 9.62 Å². The number of benzene rings is 3. The largest absolute Gasteiger partial charge is 0.326 e. The van der Waals surface area contributed by atoms with Crippen LogP contribution in [0.4, 0.5) is 15.8 Å². The Kier molecular flexibility index (Phi) is 8.98. The van der Waals surface area contributed by atoms with Gasteiger partial charge in [-0.3, -0.25) is 9.10 Å². The molecule has 1 N–H and O–H groups in total. The summed E-state index contributed by atoms with van der Waals surface area (Å²) in [6.07, 6.45) is 7.75. The summed E-state index contributed by atoms with van der Waals surface area (Å²) in [7, 11) is -3.84. The van der Waals surface area contributed by atoms with Crippen LogP contribution in [0.3, 0.4) is 0 Å². The lowest BCUT2D eigenvalue weighted by Crippen LogP contribution is -2.35. The molecule has 0 fully saturated rings. The van der Waals surface area contributed by atoms with E-state index in [2.05, 4.69) is 29.6 Å². The highest BCUT2D eigenvalue weighted by Gasteiger charge is 2.29. The van der Waals surface area contributed by atoms with Crippen LogP contribution in [0.2, 0.25) is 0 Å². The molecule has 1 heterocycles. The molecule has 0 saturated carbocycles. The van der Waals surface area contributed by atoms with E-state index >= 15 is 0 Å². The summed E-state index contributed by atoms with van der Waals surface area (Å²) >= 11 is 0. The number of carbonyl (C=O) groups excluding carboxylic acids is 1. The van der Waals surface area contributed by atoms with Gasteiger partial charge in [0, 0.05) is 18.2 Å². The molecule has 0 radical (unpaired) electrons. The first-order chi connectivity index (χ1) is 17.8. The molecule has 1 aliphatic rings. The van der Waals surface area contributed by atoms with Gasteiger partial charge in [0.2, 0.25) is 5.91 Å². The number of hydrogen-bond acceptors (Lipinski definition) is 3. The zero-order chi connectivity index (χ0) is 26.3. The Labute approximate surface area is 219 Å². The van der Waals surface area contributed by atoms with Gasteiger partial charge >= 0.3 is 0 Å². The normalized spacial score (nSPS) is 14.2. The van der Waals surface area contributed by atoms with E-state index < -0.39 is 15.8 Å². The smallest absolute Gasteiger partial charge is 0.264 e. The van der Waals surface area contributed by atoms with Crippen molar-refractivity contribution in [3.8, 4) is 0 Å².